The number of nitrogens with one attached hydrogen (secondary N) is 2. The Hall–Kier alpha value is -1.83. The fourth-order valence-corrected chi connectivity index (χ4v) is 5.44. The molecule has 1 aliphatic rings. The van der Waals surface area contributed by atoms with Crippen molar-refractivity contribution >= 4 is 57.8 Å². The van der Waals surface area contributed by atoms with Crippen molar-refractivity contribution in [2.24, 2.45) is 0 Å². The van der Waals surface area contributed by atoms with E-state index in [1.54, 1.807) is 17.8 Å². The maximum absolute atomic E-state index is 12.7. The summed E-state index contributed by atoms with van der Waals surface area (Å²) in [5.74, 6) is 1.51. The van der Waals surface area contributed by atoms with Gasteiger partial charge >= 0.3 is 6.03 Å². The van der Waals surface area contributed by atoms with Gasteiger partial charge in [0.05, 0.1) is 23.2 Å². The molecule has 2 amide bonds. The molecule has 39 heavy (non-hydrogen) atoms. The molecule has 216 valence electrons. The smallest absolute Gasteiger partial charge is 0.323 e. The SMILES string of the molecule is Br.CCCCCCCCCCCCCCOc1c(Cl)cccc1NC(=O)Nc1ccc(CN2C=CSC2)cc1. The van der Waals surface area contributed by atoms with Gasteiger partial charge in [0.1, 0.15) is 0 Å². The van der Waals surface area contributed by atoms with E-state index in [1.165, 1.54) is 69.8 Å². The number of anilines is 2. The van der Waals surface area contributed by atoms with Crippen molar-refractivity contribution in [1.29, 1.82) is 0 Å². The van der Waals surface area contributed by atoms with E-state index in [4.69, 9.17) is 16.3 Å². The molecule has 0 aliphatic carbocycles. The number of rotatable bonds is 18. The van der Waals surface area contributed by atoms with Crippen LogP contribution in [0, 0.1) is 0 Å². The summed E-state index contributed by atoms with van der Waals surface area (Å²) in [6, 6.07) is 13.0. The van der Waals surface area contributed by atoms with Crippen LogP contribution >= 0.6 is 40.3 Å². The molecule has 0 atom stereocenters. The molecule has 2 N–H and O–H groups in total. The van der Waals surface area contributed by atoms with Crippen molar-refractivity contribution in [3.05, 3.63) is 64.7 Å². The number of ether oxygens (including phenoxy) is 1. The van der Waals surface area contributed by atoms with Gasteiger partial charge in [0.25, 0.3) is 0 Å². The van der Waals surface area contributed by atoms with Gasteiger partial charge < -0.3 is 20.3 Å². The van der Waals surface area contributed by atoms with Gasteiger partial charge in [-0.3, -0.25) is 0 Å². The molecule has 0 spiro atoms. The van der Waals surface area contributed by atoms with Crippen LogP contribution in [0.2, 0.25) is 5.02 Å². The van der Waals surface area contributed by atoms with Gasteiger partial charge in [0.2, 0.25) is 0 Å². The Kier molecular flexibility index (Phi) is 17.2. The maximum Gasteiger partial charge on any atom is 0.323 e. The van der Waals surface area contributed by atoms with Crippen LogP contribution in [0.4, 0.5) is 16.2 Å². The van der Waals surface area contributed by atoms with Crippen molar-refractivity contribution in [2.45, 2.75) is 90.5 Å². The highest BCUT2D eigenvalue weighted by Crippen LogP contribution is 2.33. The van der Waals surface area contributed by atoms with Crippen LogP contribution in [0.1, 0.15) is 89.5 Å². The molecule has 1 aliphatic heterocycles. The molecule has 0 saturated carbocycles. The van der Waals surface area contributed by atoms with Crippen molar-refractivity contribution in [3.63, 3.8) is 0 Å². The van der Waals surface area contributed by atoms with Gasteiger partial charge in [-0.1, -0.05) is 107 Å². The highest BCUT2D eigenvalue weighted by molar-refractivity contribution is 8.93. The lowest BCUT2D eigenvalue weighted by Crippen LogP contribution is -2.20. The van der Waals surface area contributed by atoms with Crippen molar-refractivity contribution in [1.82, 2.24) is 4.90 Å². The van der Waals surface area contributed by atoms with E-state index in [-0.39, 0.29) is 23.0 Å². The molecule has 5 nitrogen and oxygen atoms in total. The second-order valence-electron chi connectivity index (χ2n) is 9.96. The van der Waals surface area contributed by atoms with E-state index < -0.39 is 0 Å². The third kappa shape index (κ3) is 13.4. The summed E-state index contributed by atoms with van der Waals surface area (Å²) in [6.45, 7) is 3.71. The maximum atomic E-state index is 12.7. The molecule has 0 saturated heterocycles. The first kappa shape index (κ1) is 33.4. The topological polar surface area (TPSA) is 53.6 Å². The molecular weight excluding hydrogens is 594 g/mol. The van der Waals surface area contributed by atoms with Crippen molar-refractivity contribution in [3.8, 4) is 5.75 Å². The van der Waals surface area contributed by atoms with Gasteiger partial charge in [-0.05, 0) is 41.7 Å². The number of benzene rings is 2. The lowest BCUT2D eigenvalue weighted by molar-refractivity contribution is 0.261. The van der Waals surface area contributed by atoms with Crippen LogP contribution < -0.4 is 15.4 Å². The average Bonchev–Trinajstić information content (AvgIpc) is 3.42. The monoisotopic (exact) mass is 637 g/mol. The number of halogens is 2. The Balaban J connectivity index is 0.00000533. The summed E-state index contributed by atoms with van der Waals surface area (Å²) in [6.07, 6.45) is 17.7. The normalized spacial score (nSPS) is 12.3. The van der Waals surface area contributed by atoms with Crippen LogP contribution in [0.25, 0.3) is 0 Å². The van der Waals surface area contributed by atoms with E-state index in [0.29, 0.717) is 23.1 Å². The lowest BCUT2D eigenvalue weighted by atomic mass is 10.1. The molecule has 0 radical (unpaired) electrons. The van der Waals surface area contributed by atoms with Gasteiger partial charge in [-0.15, -0.1) is 28.7 Å². The number of hydrogen-bond donors (Lipinski definition) is 2. The largest absolute Gasteiger partial charge is 0.490 e. The van der Waals surface area contributed by atoms with E-state index in [2.05, 4.69) is 34.1 Å². The summed E-state index contributed by atoms with van der Waals surface area (Å²) in [7, 11) is 0. The zero-order chi connectivity index (χ0) is 26.8. The van der Waals surface area contributed by atoms with Crippen molar-refractivity contribution in [2.75, 3.05) is 23.1 Å². The molecule has 0 aromatic heterocycles. The van der Waals surface area contributed by atoms with Crippen molar-refractivity contribution < 1.29 is 9.53 Å². The molecule has 0 unspecified atom stereocenters. The number of urea groups is 1. The highest BCUT2D eigenvalue weighted by atomic mass is 79.9. The Morgan fingerprint density at radius 3 is 2.15 bits per heavy atom. The summed E-state index contributed by atoms with van der Waals surface area (Å²) < 4.78 is 6.00. The summed E-state index contributed by atoms with van der Waals surface area (Å²) >= 11 is 8.19. The highest BCUT2D eigenvalue weighted by Gasteiger charge is 2.12. The van der Waals surface area contributed by atoms with Crippen LogP contribution in [-0.4, -0.2) is 23.4 Å². The summed E-state index contributed by atoms with van der Waals surface area (Å²) in [5, 5.41) is 8.39. The van der Waals surface area contributed by atoms with Crippen LogP contribution in [0.5, 0.6) is 5.75 Å². The third-order valence-corrected chi connectivity index (χ3v) is 7.76. The molecular formula is C31H45BrClN3O2S. The Morgan fingerprint density at radius 1 is 0.897 bits per heavy atom. The standard InChI is InChI=1S/C31H44ClN3O2S.BrH/c1-2-3-4-5-6-7-8-9-10-11-12-13-22-37-30-28(32)15-14-16-29(30)34-31(36)33-27-19-17-26(18-20-27)24-35-21-23-38-25-35;/h14-21,23H,2-13,22,24-25H2,1H3,(H2,33,34,36);1H. The minimum atomic E-state index is -0.325. The molecule has 3 rings (SSSR count). The minimum Gasteiger partial charge on any atom is -0.490 e. The number of carbonyl (C=O) groups excluding carboxylic acids is 1. The van der Waals surface area contributed by atoms with Gasteiger partial charge in [-0.25, -0.2) is 4.79 Å². The number of amides is 2. The molecule has 1 heterocycles. The Bertz CT molecular complexity index is 990. The third-order valence-electron chi connectivity index (χ3n) is 6.67. The second-order valence-corrected chi connectivity index (χ2v) is 11.2. The first-order valence-corrected chi connectivity index (χ1v) is 15.7. The Labute approximate surface area is 255 Å². The molecule has 2 aromatic rings. The molecule has 8 heteroatoms. The van der Waals surface area contributed by atoms with Gasteiger partial charge in [-0.2, -0.15) is 0 Å². The summed E-state index contributed by atoms with van der Waals surface area (Å²) in [4.78, 5) is 14.9. The van der Waals surface area contributed by atoms with E-state index in [0.717, 1.165) is 31.0 Å². The summed E-state index contributed by atoms with van der Waals surface area (Å²) in [5.41, 5.74) is 2.51. The predicted octanol–water partition coefficient (Wildman–Crippen LogP) is 10.6. The molecule has 0 fully saturated rings. The predicted molar refractivity (Wildman–Crippen MR) is 175 cm³/mol. The first-order valence-electron chi connectivity index (χ1n) is 14.3. The number of hydrogen-bond acceptors (Lipinski definition) is 4. The fourth-order valence-electron chi connectivity index (χ4n) is 4.49. The zero-order valence-electron chi connectivity index (χ0n) is 23.3. The first-order chi connectivity index (χ1) is 18.7. The number of thioether (sulfide) groups is 1. The number of carbonyl (C=O) groups is 1. The number of nitrogens with zero attached hydrogens (tertiary/aromatic N) is 1. The zero-order valence-corrected chi connectivity index (χ0v) is 26.5. The number of unbranched alkanes of at least 4 members (excludes halogenated alkanes) is 11. The number of para-hydroxylation sites is 1. The van der Waals surface area contributed by atoms with Crippen LogP contribution in [0.15, 0.2) is 54.1 Å². The van der Waals surface area contributed by atoms with Gasteiger partial charge in [0, 0.05) is 18.4 Å². The van der Waals surface area contributed by atoms with Gasteiger partial charge in [0.15, 0.2) is 5.75 Å². The van der Waals surface area contributed by atoms with Crippen LogP contribution in [-0.2, 0) is 6.54 Å². The minimum absolute atomic E-state index is 0. The quantitative estimate of drug-likeness (QED) is 0.160. The van der Waals surface area contributed by atoms with E-state index in [9.17, 15) is 4.79 Å². The fraction of sp³-hybridized carbons (Fsp3) is 0.516. The molecule has 2 aromatic carbocycles. The van der Waals surface area contributed by atoms with E-state index >= 15 is 0 Å². The molecule has 0 bridgehead atoms. The Morgan fingerprint density at radius 2 is 1.54 bits per heavy atom. The lowest BCUT2D eigenvalue weighted by Gasteiger charge is -2.16. The van der Waals surface area contributed by atoms with E-state index in [1.807, 2.05) is 36.4 Å². The van der Waals surface area contributed by atoms with Crippen LogP contribution in [0.3, 0.4) is 0 Å². The second kappa shape index (κ2) is 20.1. The average molecular weight is 639 g/mol.